The second-order valence-electron chi connectivity index (χ2n) is 11.5. The first-order valence-electron chi connectivity index (χ1n) is 13.2. The molecule has 0 aromatic heterocycles. The molecule has 33 heavy (non-hydrogen) atoms. The van der Waals surface area contributed by atoms with Gasteiger partial charge >= 0.3 is 17.1 Å². The summed E-state index contributed by atoms with van der Waals surface area (Å²) in [5, 5.41) is 3.31. The molecule has 2 aliphatic heterocycles. The van der Waals surface area contributed by atoms with Gasteiger partial charge in [-0.05, 0) is 72.0 Å². The van der Waals surface area contributed by atoms with Crippen LogP contribution < -0.4 is 10.6 Å². The molecule has 0 saturated carbocycles. The smallest absolute Gasteiger partial charge is 0.213 e. The molecule has 186 valence electrons. The zero-order valence-corrected chi connectivity index (χ0v) is 25.2. The van der Waals surface area contributed by atoms with Gasteiger partial charge in [-0.3, -0.25) is 0 Å². The van der Waals surface area contributed by atoms with Crippen molar-refractivity contribution in [3.63, 3.8) is 0 Å². The summed E-state index contributed by atoms with van der Waals surface area (Å²) in [6, 6.07) is 18.3. The Kier molecular flexibility index (Phi) is 11.9. The second-order valence-corrected chi connectivity index (χ2v) is 16.8. The van der Waals surface area contributed by atoms with Gasteiger partial charge in [-0.25, -0.2) is 24.3 Å². The van der Waals surface area contributed by atoms with E-state index in [9.17, 15) is 0 Å². The van der Waals surface area contributed by atoms with Crippen LogP contribution in [-0.4, -0.2) is 22.6 Å². The van der Waals surface area contributed by atoms with Gasteiger partial charge in [0.15, 0.2) is 0 Å². The van der Waals surface area contributed by atoms with Crippen molar-refractivity contribution in [3.8, 4) is 0 Å². The fourth-order valence-electron chi connectivity index (χ4n) is 6.19. The minimum absolute atomic E-state index is 0. The maximum absolute atomic E-state index is 2.41. The first-order chi connectivity index (χ1) is 15.2. The number of hydrogen-bond acceptors (Lipinski definition) is 0. The molecule has 0 radical (unpaired) electrons. The minimum atomic E-state index is 0. The molecule has 4 rings (SSSR count). The molecule has 0 N–H and O–H groups in total. The van der Waals surface area contributed by atoms with Gasteiger partial charge in [-0.1, -0.05) is 71.2 Å². The van der Waals surface area contributed by atoms with Crippen LogP contribution in [-0.2, 0) is 17.1 Å². The molecule has 0 aliphatic carbocycles. The zero-order valence-electron chi connectivity index (χ0n) is 22.3. The van der Waals surface area contributed by atoms with Gasteiger partial charge in [0, 0.05) is 0 Å². The van der Waals surface area contributed by atoms with Gasteiger partial charge in [0.2, 0.25) is 0 Å². The topological polar surface area (TPSA) is 0 Å². The Morgan fingerprint density at radius 2 is 0.848 bits per heavy atom. The molecular weight excluding hydrogens is 478 g/mol. The van der Waals surface area contributed by atoms with Gasteiger partial charge < -0.3 is 0 Å². The second kappa shape index (κ2) is 13.4. The van der Waals surface area contributed by atoms with E-state index in [0.29, 0.717) is 0 Å². The van der Waals surface area contributed by atoms with Gasteiger partial charge in [-0.15, -0.1) is 10.6 Å². The molecule has 2 saturated heterocycles. The monoisotopic (exact) mass is 526 g/mol. The summed E-state index contributed by atoms with van der Waals surface area (Å²) in [4.78, 5) is 0. The summed E-state index contributed by atoms with van der Waals surface area (Å²) >= 11 is 0. The van der Waals surface area contributed by atoms with Crippen molar-refractivity contribution < 1.29 is 17.1 Å². The molecule has 2 heterocycles. The molecular formula is C30H48FeP2. The number of rotatable bonds is 6. The first-order valence-corrected chi connectivity index (χ1v) is 16.2. The third kappa shape index (κ3) is 7.07. The van der Waals surface area contributed by atoms with Gasteiger partial charge in [0.05, 0.1) is 0 Å². The van der Waals surface area contributed by atoms with E-state index in [1.807, 2.05) is 0 Å². The van der Waals surface area contributed by atoms with Crippen molar-refractivity contribution in [1.29, 1.82) is 0 Å². The third-order valence-corrected chi connectivity index (χ3v) is 16.0. The molecule has 2 aliphatic rings. The summed E-state index contributed by atoms with van der Waals surface area (Å²) in [6.45, 7) is 19.3. The number of hydrogen-bond donors (Lipinski definition) is 0. The van der Waals surface area contributed by atoms with E-state index < -0.39 is 0 Å². The summed E-state index contributed by atoms with van der Waals surface area (Å²) < 4.78 is 0. The summed E-state index contributed by atoms with van der Waals surface area (Å²) in [5.41, 5.74) is 3.85. The standard InChI is InChI=1S/2C15H24P.Fe/c2*1-11(2)14-9-10-15(12(3)4)16(14)13-7-5-6-8-13;/h2*5-8,11-12,14-15H,9-10H2,1-4H3;/q2*-1;+2/t2*14-,15-;/m00./s1. The van der Waals surface area contributed by atoms with Crippen LogP contribution in [0.2, 0.25) is 0 Å². The van der Waals surface area contributed by atoms with Crippen molar-refractivity contribution in [2.75, 3.05) is 0 Å². The van der Waals surface area contributed by atoms with E-state index in [2.05, 4.69) is 104 Å². The maximum atomic E-state index is 2.41. The average molecular weight is 527 g/mol. The largest absolute Gasteiger partial charge is 2.00 e. The predicted octanol–water partition coefficient (Wildman–Crippen LogP) is 8.71. The van der Waals surface area contributed by atoms with E-state index in [0.717, 1.165) is 46.3 Å². The van der Waals surface area contributed by atoms with E-state index in [4.69, 9.17) is 0 Å². The molecule has 2 aromatic rings. The molecule has 0 amide bonds. The fraction of sp³-hybridized carbons (Fsp3) is 0.667. The van der Waals surface area contributed by atoms with Gasteiger partial charge in [0.25, 0.3) is 0 Å². The van der Waals surface area contributed by atoms with Crippen molar-refractivity contribution in [3.05, 3.63) is 48.5 Å². The third-order valence-electron chi connectivity index (χ3n) is 7.91. The van der Waals surface area contributed by atoms with Crippen LogP contribution in [0.1, 0.15) is 81.1 Å². The Hall–Kier alpha value is 0.0795. The van der Waals surface area contributed by atoms with Crippen LogP contribution in [0.25, 0.3) is 0 Å². The van der Waals surface area contributed by atoms with Crippen LogP contribution >= 0.6 is 15.8 Å². The maximum Gasteiger partial charge on any atom is 2.00 e. The SMILES string of the molecule is CC(C)[C@@H]1CC[C@@H](C(C)C)P1c1ccc[cH-]1.CC(C)[C@@H]1CC[C@@H](C(C)C)P1c1ccc[cH-]1.[Fe+2]. The van der Waals surface area contributed by atoms with Crippen molar-refractivity contribution in [2.45, 2.75) is 104 Å². The Morgan fingerprint density at radius 1 is 0.576 bits per heavy atom. The minimum Gasteiger partial charge on any atom is -0.213 e. The Labute approximate surface area is 218 Å². The van der Waals surface area contributed by atoms with Crippen LogP contribution in [0.4, 0.5) is 0 Å². The Morgan fingerprint density at radius 3 is 1.03 bits per heavy atom. The molecule has 4 atom stereocenters. The van der Waals surface area contributed by atoms with E-state index in [-0.39, 0.29) is 32.9 Å². The van der Waals surface area contributed by atoms with E-state index in [1.165, 1.54) is 25.7 Å². The summed E-state index contributed by atoms with van der Waals surface area (Å²) in [6.07, 6.45) is 5.82. The van der Waals surface area contributed by atoms with Gasteiger partial charge in [-0.2, -0.15) is 24.3 Å². The normalized spacial score (nSPS) is 26.3. The molecule has 0 spiro atoms. The summed E-state index contributed by atoms with van der Waals surface area (Å²) in [5.74, 6) is 3.41. The quantitative estimate of drug-likeness (QED) is 0.201. The van der Waals surface area contributed by atoms with Crippen molar-refractivity contribution in [1.82, 2.24) is 0 Å². The van der Waals surface area contributed by atoms with Crippen LogP contribution in [0.5, 0.6) is 0 Å². The van der Waals surface area contributed by atoms with Crippen LogP contribution in [0.3, 0.4) is 0 Å². The van der Waals surface area contributed by atoms with E-state index in [1.54, 1.807) is 10.6 Å². The molecule has 0 bridgehead atoms. The predicted molar refractivity (Wildman–Crippen MR) is 150 cm³/mol. The van der Waals surface area contributed by atoms with Crippen molar-refractivity contribution >= 4 is 26.5 Å². The van der Waals surface area contributed by atoms with E-state index >= 15 is 0 Å². The molecule has 0 unspecified atom stereocenters. The first kappa shape index (κ1) is 29.3. The Balaban J connectivity index is 0.000000227. The molecule has 2 fully saturated rings. The van der Waals surface area contributed by atoms with Gasteiger partial charge in [0.1, 0.15) is 0 Å². The Bertz CT molecular complexity index is 661. The zero-order chi connectivity index (χ0) is 23.4. The molecule has 0 nitrogen and oxygen atoms in total. The average Bonchev–Trinajstić information content (AvgIpc) is 3.54. The molecule has 3 heteroatoms. The van der Waals surface area contributed by atoms with Crippen LogP contribution in [0, 0.1) is 23.7 Å². The fourth-order valence-corrected chi connectivity index (χ4v) is 14.0. The summed E-state index contributed by atoms with van der Waals surface area (Å²) in [7, 11) is 0.182. The molecule has 2 aromatic carbocycles. The van der Waals surface area contributed by atoms with Crippen LogP contribution in [0.15, 0.2) is 48.5 Å². The van der Waals surface area contributed by atoms with Crippen molar-refractivity contribution in [2.24, 2.45) is 23.7 Å².